The van der Waals surface area contributed by atoms with Gasteiger partial charge in [-0.3, -0.25) is 10.1 Å². The molecule has 110 valence electrons. The molecular weight excluding hydrogens is 318 g/mol. The molecule has 0 saturated heterocycles. The van der Waals surface area contributed by atoms with E-state index in [4.69, 9.17) is 15.8 Å². The third kappa shape index (κ3) is 4.17. The third-order valence-corrected chi connectivity index (χ3v) is 3.95. The van der Waals surface area contributed by atoms with Crippen LogP contribution in [0.25, 0.3) is 0 Å². The minimum absolute atomic E-state index is 0.138. The van der Waals surface area contributed by atoms with E-state index in [-0.39, 0.29) is 22.2 Å². The van der Waals surface area contributed by atoms with Crippen LogP contribution < -0.4 is 4.18 Å². The lowest BCUT2D eigenvalue weighted by Gasteiger charge is -2.08. The maximum absolute atomic E-state index is 11.9. The first kappa shape index (κ1) is 15.3. The van der Waals surface area contributed by atoms with Gasteiger partial charge < -0.3 is 4.18 Å². The van der Waals surface area contributed by atoms with Crippen molar-refractivity contribution in [3.63, 3.8) is 0 Å². The fourth-order valence-electron chi connectivity index (χ4n) is 1.62. The lowest BCUT2D eigenvalue weighted by atomic mass is 10.2. The van der Waals surface area contributed by atoms with Crippen LogP contribution in [0.3, 0.4) is 0 Å². The summed E-state index contributed by atoms with van der Waals surface area (Å²) in [5, 5.41) is 10.4. The van der Waals surface area contributed by atoms with E-state index in [0.29, 0.717) is 5.56 Å². The standard InChI is InChI=1S/C13H10ClNO5S/c14-12-8-11(15(16)17)6-7-13(12)20-21(18,19)9-10-4-2-1-3-5-10/h1-8H,9H2. The molecule has 0 heterocycles. The van der Waals surface area contributed by atoms with Gasteiger partial charge in [0.1, 0.15) is 5.75 Å². The molecule has 0 fully saturated rings. The predicted molar refractivity (Wildman–Crippen MR) is 77.8 cm³/mol. The molecule has 2 rings (SSSR count). The lowest BCUT2D eigenvalue weighted by molar-refractivity contribution is -0.384. The Labute approximate surface area is 126 Å². The normalized spacial score (nSPS) is 11.1. The van der Waals surface area contributed by atoms with Crippen molar-refractivity contribution in [3.8, 4) is 5.75 Å². The zero-order valence-electron chi connectivity index (χ0n) is 10.6. The molecule has 0 radical (unpaired) electrons. The van der Waals surface area contributed by atoms with Crippen LogP contribution in [0.5, 0.6) is 5.75 Å². The third-order valence-electron chi connectivity index (χ3n) is 2.53. The van der Waals surface area contributed by atoms with Gasteiger partial charge >= 0.3 is 10.1 Å². The number of nitrogens with zero attached hydrogens (tertiary/aromatic N) is 1. The first-order chi connectivity index (χ1) is 9.87. The highest BCUT2D eigenvalue weighted by atomic mass is 35.5. The van der Waals surface area contributed by atoms with Crippen LogP contribution in [0, 0.1) is 10.1 Å². The molecule has 6 nitrogen and oxygen atoms in total. The number of nitro groups is 1. The van der Waals surface area contributed by atoms with Gasteiger partial charge in [0, 0.05) is 12.1 Å². The van der Waals surface area contributed by atoms with Gasteiger partial charge in [-0.25, -0.2) is 0 Å². The molecule has 8 heteroatoms. The molecule has 2 aromatic carbocycles. The maximum atomic E-state index is 11.9. The van der Waals surface area contributed by atoms with E-state index in [1.807, 2.05) is 0 Å². The molecule has 0 aromatic heterocycles. The first-order valence-electron chi connectivity index (χ1n) is 5.77. The highest BCUT2D eigenvalue weighted by molar-refractivity contribution is 7.86. The Bertz CT molecular complexity index is 761. The summed E-state index contributed by atoms with van der Waals surface area (Å²) in [6, 6.07) is 11.8. The van der Waals surface area contributed by atoms with Crippen molar-refractivity contribution in [3.05, 3.63) is 69.2 Å². The van der Waals surface area contributed by atoms with Crippen molar-refractivity contribution in [2.45, 2.75) is 5.75 Å². The van der Waals surface area contributed by atoms with E-state index < -0.39 is 15.0 Å². The zero-order chi connectivity index (χ0) is 15.5. The second kappa shape index (κ2) is 6.11. The molecular formula is C13H10ClNO5S. The summed E-state index contributed by atoms with van der Waals surface area (Å²) in [5.74, 6) is -0.459. The van der Waals surface area contributed by atoms with Crippen LogP contribution in [0.1, 0.15) is 5.56 Å². The van der Waals surface area contributed by atoms with Crippen molar-refractivity contribution in [2.75, 3.05) is 0 Å². The monoisotopic (exact) mass is 327 g/mol. The van der Waals surface area contributed by atoms with E-state index in [1.165, 1.54) is 0 Å². The summed E-state index contributed by atoms with van der Waals surface area (Å²) >= 11 is 5.79. The van der Waals surface area contributed by atoms with Crippen molar-refractivity contribution in [2.24, 2.45) is 0 Å². The summed E-state index contributed by atoms with van der Waals surface area (Å²) in [5.41, 5.74) is 0.323. The van der Waals surface area contributed by atoms with E-state index >= 15 is 0 Å². The Kier molecular flexibility index (Phi) is 4.44. The summed E-state index contributed by atoms with van der Waals surface area (Å²) in [4.78, 5) is 9.95. The van der Waals surface area contributed by atoms with Gasteiger partial charge in [-0.15, -0.1) is 0 Å². The fraction of sp³-hybridized carbons (Fsp3) is 0.0769. The SMILES string of the molecule is O=[N+]([O-])c1ccc(OS(=O)(=O)Cc2ccccc2)c(Cl)c1. The lowest BCUT2D eigenvalue weighted by Crippen LogP contribution is -2.12. The number of rotatable bonds is 5. The van der Waals surface area contributed by atoms with Crippen LogP contribution in [-0.4, -0.2) is 13.3 Å². The molecule has 0 bridgehead atoms. The molecule has 0 aliphatic rings. The van der Waals surface area contributed by atoms with E-state index in [0.717, 1.165) is 18.2 Å². The van der Waals surface area contributed by atoms with Crippen molar-refractivity contribution in [1.29, 1.82) is 0 Å². The average Bonchev–Trinajstić information content (AvgIpc) is 2.41. The molecule has 0 amide bonds. The van der Waals surface area contributed by atoms with Gasteiger partial charge in [0.2, 0.25) is 0 Å². The number of non-ortho nitro benzene ring substituents is 1. The average molecular weight is 328 g/mol. The van der Waals surface area contributed by atoms with Crippen molar-refractivity contribution < 1.29 is 17.5 Å². The number of benzene rings is 2. The Balaban J connectivity index is 2.19. The van der Waals surface area contributed by atoms with Gasteiger partial charge in [-0.05, 0) is 11.6 Å². The van der Waals surface area contributed by atoms with E-state index in [2.05, 4.69) is 0 Å². The van der Waals surface area contributed by atoms with Crippen LogP contribution in [0.4, 0.5) is 5.69 Å². The number of hydrogen-bond acceptors (Lipinski definition) is 5. The summed E-state index contributed by atoms with van der Waals surface area (Å²) < 4.78 is 28.7. The molecule has 0 N–H and O–H groups in total. The topological polar surface area (TPSA) is 86.5 Å². The van der Waals surface area contributed by atoms with Gasteiger partial charge in [0.05, 0.1) is 9.95 Å². The highest BCUT2D eigenvalue weighted by Gasteiger charge is 2.18. The van der Waals surface area contributed by atoms with Gasteiger partial charge in [0.25, 0.3) is 5.69 Å². The van der Waals surface area contributed by atoms with Crippen molar-refractivity contribution >= 4 is 27.4 Å². The predicted octanol–water partition coefficient (Wildman–Crippen LogP) is 3.16. The minimum Gasteiger partial charge on any atom is -0.381 e. The molecule has 0 aliphatic carbocycles. The second-order valence-electron chi connectivity index (χ2n) is 4.14. The number of halogens is 1. The zero-order valence-corrected chi connectivity index (χ0v) is 12.2. The van der Waals surface area contributed by atoms with Crippen LogP contribution in [0.2, 0.25) is 5.02 Å². The Morgan fingerprint density at radius 1 is 1.14 bits per heavy atom. The van der Waals surface area contributed by atoms with Gasteiger partial charge in [-0.2, -0.15) is 8.42 Å². The Morgan fingerprint density at radius 3 is 2.38 bits per heavy atom. The summed E-state index contributed by atoms with van der Waals surface area (Å²) in [6.07, 6.45) is 0. The van der Waals surface area contributed by atoms with Crippen molar-refractivity contribution in [1.82, 2.24) is 0 Å². The molecule has 0 unspecified atom stereocenters. The number of hydrogen-bond donors (Lipinski definition) is 0. The maximum Gasteiger partial charge on any atom is 0.313 e. The van der Waals surface area contributed by atoms with Crippen LogP contribution >= 0.6 is 11.6 Å². The molecule has 0 saturated carbocycles. The molecule has 21 heavy (non-hydrogen) atoms. The smallest absolute Gasteiger partial charge is 0.313 e. The fourth-order valence-corrected chi connectivity index (χ4v) is 2.95. The molecule has 0 atom stereocenters. The molecule has 0 aliphatic heterocycles. The largest absolute Gasteiger partial charge is 0.381 e. The van der Waals surface area contributed by atoms with Crippen LogP contribution in [-0.2, 0) is 15.9 Å². The van der Waals surface area contributed by atoms with E-state index in [9.17, 15) is 18.5 Å². The highest BCUT2D eigenvalue weighted by Crippen LogP contribution is 2.30. The Hall–Kier alpha value is -2.12. The molecule has 0 spiro atoms. The summed E-state index contributed by atoms with van der Waals surface area (Å²) in [7, 11) is -3.90. The number of nitro benzene ring substituents is 1. The Morgan fingerprint density at radius 2 is 1.81 bits per heavy atom. The van der Waals surface area contributed by atoms with E-state index in [1.54, 1.807) is 30.3 Å². The second-order valence-corrected chi connectivity index (χ2v) is 6.12. The minimum atomic E-state index is -3.90. The van der Waals surface area contributed by atoms with Gasteiger partial charge in [-0.1, -0.05) is 41.9 Å². The summed E-state index contributed by atoms with van der Waals surface area (Å²) in [6.45, 7) is 0. The first-order valence-corrected chi connectivity index (χ1v) is 7.73. The van der Waals surface area contributed by atoms with Gasteiger partial charge in [0.15, 0.2) is 5.75 Å². The molecule has 2 aromatic rings. The quantitative estimate of drug-likeness (QED) is 0.478. The van der Waals surface area contributed by atoms with Crippen LogP contribution in [0.15, 0.2) is 48.5 Å².